The van der Waals surface area contributed by atoms with E-state index in [2.05, 4.69) is 34.1 Å². The molecule has 4 heteroatoms. The first kappa shape index (κ1) is 11.5. The average molecular weight is 288 g/mol. The summed E-state index contributed by atoms with van der Waals surface area (Å²) < 4.78 is 6.26. The van der Waals surface area contributed by atoms with Crippen molar-refractivity contribution < 1.29 is 4.74 Å². The second kappa shape index (κ2) is 4.87. The van der Waals surface area contributed by atoms with Crippen molar-refractivity contribution in [2.24, 2.45) is 5.73 Å². The van der Waals surface area contributed by atoms with Gasteiger partial charge in [0.15, 0.2) is 0 Å². The predicted octanol–water partition coefficient (Wildman–Crippen LogP) is 2.96. The van der Waals surface area contributed by atoms with Crippen molar-refractivity contribution in [2.75, 3.05) is 13.2 Å². The second-order valence-electron chi connectivity index (χ2n) is 3.75. The first-order chi connectivity index (χ1) is 7.16. The fraction of sp³-hybridized carbons (Fsp3) is 0.455. The van der Waals surface area contributed by atoms with Crippen LogP contribution in [0.4, 0.5) is 0 Å². The standard InChI is InChI=1S/C11H14BrNOS/c1-7(13)10-4-8(12)2-3-11(10)15-9-5-14-6-9/h2-4,7,9H,5-6,13H2,1H3. The quantitative estimate of drug-likeness (QED) is 0.928. The van der Waals surface area contributed by atoms with Crippen LogP contribution in [0.1, 0.15) is 18.5 Å². The molecule has 1 aromatic carbocycles. The number of hydrogen-bond acceptors (Lipinski definition) is 3. The van der Waals surface area contributed by atoms with Gasteiger partial charge >= 0.3 is 0 Å². The van der Waals surface area contributed by atoms with Gasteiger partial charge in [-0.25, -0.2) is 0 Å². The molecule has 1 aliphatic rings. The topological polar surface area (TPSA) is 35.2 Å². The Morgan fingerprint density at radius 3 is 2.80 bits per heavy atom. The Bertz CT molecular complexity index is 352. The second-order valence-corrected chi connectivity index (χ2v) is 6.01. The Morgan fingerprint density at radius 2 is 2.27 bits per heavy atom. The van der Waals surface area contributed by atoms with E-state index in [4.69, 9.17) is 10.5 Å². The van der Waals surface area contributed by atoms with Crippen molar-refractivity contribution in [3.05, 3.63) is 28.2 Å². The van der Waals surface area contributed by atoms with Crippen LogP contribution in [0.25, 0.3) is 0 Å². The van der Waals surface area contributed by atoms with Crippen LogP contribution in [-0.4, -0.2) is 18.5 Å². The summed E-state index contributed by atoms with van der Waals surface area (Å²) in [6, 6.07) is 6.37. The molecular weight excluding hydrogens is 274 g/mol. The molecule has 0 radical (unpaired) electrons. The van der Waals surface area contributed by atoms with Gasteiger partial charge in [0.25, 0.3) is 0 Å². The van der Waals surface area contributed by atoms with Crippen molar-refractivity contribution in [1.82, 2.24) is 0 Å². The van der Waals surface area contributed by atoms with E-state index in [1.807, 2.05) is 18.7 Å². The third-order valence-corrected chi connectivity index (χ3v) is 4.09. The van der Waals surface area contributed by atoms with E-state index < -0.39 is 0 Å². The summed E-state index contributed by atoms with van der Waals surface area (Å²) >= 11 is 5.34. The maximum Gasteiger partial charge on any atom is 0.0611 e. The van der Waals surface area contributed by atoms with Crippen molar-refractivity contribution in [2.45, 2.75) is 23.1 Å². The van der Waals surface area contributed by atoms with E-state index >= 15 is 0 Å². The lowest BCUT2D eigenvalue weighted by Gasteiger charge is -2.26. The largest absolute Gasteiger partial charge is 0.379 e. The summed E-state index contributed by atoms with van der Waals surface area (Å²) in [6.45, 7) is 3.74. The molecule has 0 amide bonds. The van der Waals surface area contributed by atoms with E-state index in [-0.39, 0.29) is 6.04 Å². The molecule has 0 aliphatic carbocycles. The summed E-state index contributed by atoms with van der Waals surface area (Å²) in [5, 5.41) is 0.601. The van der Waals surface area contributed by atoms with Gasteiger partial charge in [-0.2, -0.15) is 0 Å². The summed E-state index contributed by atoms with van der Waals surface area (Å²) in [4.78, 5) is 1.28. The fourth-order valence-electron chi connectivity index (χ4n) is 1.44. The van der Waals surface area contributed by atoms with Crippen LogP contribution in [0.2, 0.25) is 0 Å². The van der Waals surface area contributed by atoms with Crippen LogP contribution in [0.3, 0.4) is 0 Å². The minimum absolute atomic E-state index is 0.0750. The number of benzene rings is 1. The molecule has 2 N–H and O–H groups in total. The molecule has 1 aliphatic heterocycles. The molecule has 0 spiro atoms. The van der Waals surface area contributed by atoms with Crippen LogP contribution < -0.4 is 5.73 Å². The van der Waals surface area contributed by atoms with Crippen LogP contribution in [0.5, 0.6) is 0 Å². The number of rotatable bonds is 3. The molecule has 2 nitrogen and oxygen atoms in total. The molecule has 0 saturated carbocycles. The van der Waals surface area contributed by atoms with Gasteiger partial charge in [0.2, 0.25) is 0 Å². The van der Waals surface area contributed by atoms with Gasteiger partial charge in [0.1, 0.15) is 0 Å². The third-order valence-electron chi connectivity index (χ3n) is 2.36. The molecule has 15 heavy (non-hydrogen) atoms. The molecule has 2 rings (SSSR count). The first-order valence-corrected chi connectivity index (χ1v) is 6.63. The molecule has 1 atom stereocenters. The minimum atomic E-state index is 0.0750. The highest BCUT2D eigenvalue weighted by atomic mass is 79.9. The van der Waals surface area contributed by atoms with Crippen molar-refractivity contribution in [3.8, 4) is 0 Å². The number of halogens is 1. The minimum Gasteiger partial charge on any atom is -0.379 e. The molecule has 1 unspecified atom stereocenters. The number of hydrogen-bond donors (Lipinski definition) is 1. The number of ether oxygens (including phenoxy) is 1. The fourth-order valence-corrected chi connectivity index (χ4v) is 3.04. The smallest absolute Gasteiger partial charge is 0.0611 e. The maximum atomic E-state index is 5.95. The van der Waals surface area contributed by atoms with Gasteiger partial charge in [-0.15, -0.1) is 11.8 Å². The summed E-state index contributed by atoms with van der Waals surface area (Å²) in [5.74, 6) is 0. The third kappa shape index (κ3) is 2.75. The van der Waals surface area contributed by atoms with Gasteiger partial charge in [-0.05, 0) is 30.7 Å². The lowest BCUT2D eigenvalue weighted by Crippen LogP contribution is -2.30. The zero-order valence-electron chi connectivity index (χ0n) is 8.57. The molecule has 1 fully saturated rings. The van der Waals surface area contributed by atoms with Crippen LogP contribution >= 0.6 is 27.7 Å². The van der Waals surface area contributed by atoms with Gasteiger partial charge in [0.05, 0.1) is 18.5 Å². The summed E-state index contributed by atoms with van der Waals surface area (Å²) in [7, 11) is 0. The highest BCUT2D eigenvalue weighted by molar-refractivity contribution is 9.10. The monoisotopic (exact) mass is 287 g/mol. The van der Waals surface area contributed by atoms with Crippen molar-refractivity contribution in [3.63, 3.8) is 0 Å². The lowest BCUT2D eigenvalue weighted by molar-refractivity contribution is 0.0455. The van der Waals surface area contributed by atoms with Gasteiger partial charge < -0.3 is 10.5 Å². The zero-order chi connectivity index (χ0) is 10.8. The van der Waals surface area contributed by atoms with Gasteiger partial charge in [-0.3, -0.25) is 0 Å². The van der Waals surface area contributed by atoms with E-state index in [0.29, 0.717) is 5.25 Å². The first-order valence-electron chi connectivity index (χ1n) is 4.96. The van der Waals surface area contributed by atoms with E-state index in [1.165, 1.54) is 10.5 Å². The SMILES string of the molecule is CC(N)c1cc(Br)ccc1SC1COC1. The van der Waals surface area contributed by atoms with Gasteiger partial charge in [-0.1, -0.05) is 15.9 Å². The molecule has 82 valence electrons. The zero-order valence-corrected chi connectivity index (χ0v) is 11.0. The van der Waals surface area contributed by atoms with Gasteiger partial charge in [0, 0.05) is 15.4 Å². The van der Waals surface area contributed by atoms with E-state index in [0.717, 1.165) is 17.7 Å². The molecule has 0 bridgehead atoms. The number of nitrogens with two attached hydrogens (primary N) is 1. The molecule has 0 aromatic heterocycles. The Morgan fingerprint density at radius 1 is 1.53 bits per heavy atom. The average Bonchev–Trinajstić information content (AvgIpc) is 2.12. The molecule has 1 heterocycles. The Kier molecular flexibility index (Phi) is 3.72. The normalized spacial score (nSPS) is 18.6. The number of thioether (sulfide) groups is 1. The van der Waals surface area contributed by atoms with Crippen LogP contribution in [-0.2, 0) is 4.74 Å². The maximum absolute atomic E-state index is 5.95. The van der Waals surface area contributed by atoms with E-state index in [1.54, 1.807) is 0 Å². The molecular formula is C11H14BrNOS. The lowest BCUT2D eigenvalue weighted by atomic mass is 10.1. The summed E-state index contributed by atoms with van der Waals surface area (Å²) in [6.07, 6.45) is 0. The van der Waals surface area contributed by atoms with Crippen molar-refractivity contribution >= 4 is 27.7 Å². The molecule has 1 aromatic rings. The summed E-state index contributed by atoms with van der Waals surface area (Å²) in [5.41, 5.74) is 7.16. The predicted molar refractivity (Wildman–Crippen MR) is 67.2 cm³/mol. The van der Waals surface area contributed by atoms with E-state index in [9.17, 15) is 0 Å². The molecule has 1 saturated heterocycles. The van der Waals surface area contributed by atoms with Crippen molar-refractivity contribution in [1.29, 1.82) is 0 Å². The highest BCUT2D eigenvalue weighted by Crippen LogP contribution is 2.34. The Balaban J connectivity index is 2.20. The Labute approximate surface area is 103 Å². The Hall–Kier alpha value is -0.0300. The van der Waals surface area contributed by atoms with Crippen LogP contribution in [0, 0.1) is 0 Å². The van der Waals surface area contributed by atoms with Crippen LogP contribution in [0.15, 0.2) is 27.6 Å². The highest BCUT2D eigenvalue weighted by Gasteiger charge is 2.21.